The maximum absolute atomic E-state index is 3.59. The average Bonchev–Trinajstić information content (AvgIpc) is 2.70. The van der Waals surface area contributed by atoms with Gasteiger partial charge in [0, 0.05) is 5.33 Å². The van der Waals surface area contributed by atoms with Crippen LogP contribution < -0.4 is 0 Å². The Balaban J connectivity index is 2.27. The van der Waals surface area contributed by atoms with E-state index in [0.717, 1.165) is 5.33 Å². The Labute approximate surface area is 94.8 Å². The topological polar surface area (TPSA) is 0 Å². The first-order valence-corrected chi connectivity index (χ1v) is 6.61. The third-order valence-corrected chi connectivity index (χ3v) is 3.92. The molecule has 1 aromatic carbocycles. The van der Waals surface area contributed by atoms with Gasteiger partial charge in [0.2, 0.25) is 0 Å². The maximum atomic E-state index is 3.59. The van der Waals surface area contributed by atoms with Crippen molar-refractivity contribution in [1.29, 1.82) is 0 Å². The van der Waals surface area contributed by atoms with E-state index >= 15 is 0 Å². The Morgan fingerprint density at radius 3 is 2.29 bits per heavy atom. The molecule has 1 aromatic rings. The van der Waals surface area contributed by atoms with Crippen LogP contribution in [0.15, 0.2) is 30.3 Å². The highest BCUT2D eigenvalue weighted by Crippen LogP contribution is 2.43. The normalized spacial score (nSPS) is 19.8. The van der Waals surface area contributed by atoms with E-state index < -0.39 is 0 Å². The summed E-state index contributed by atoms with van der Waals surface area (Å²) in [5.41, 5.74) is 2.04. The summed E-state index contributed by atoms with van der Waals surface area (Å²) in [7, 11) is 0. The number of hydrogen-bond acceptors (Lipinski definition) is 0. The quantitative estimate of drug-likeness (QED) is 0.705. The highest BCUT2D eigenvalue weighted by atomic mass is 79.9. The van der Waals surface area contributed by atoms with Crippen molar-refractivity contribution in [3.63, 3.8) is 0 Å². The molecule has 1 fully saturated rings. The SMILES string of the molecule is BrCCC1(c2ccccc2)CCCC1. The van der Waals surface area contributed by atoms with Crippen molar-refractivity contribution in [2.24, 2.45) is 0 Å². The van der Waals surface area contributed by atoms with Gasteiger partial charge < -0.3 is 0 Å². The second-order valence-electron chi connectivity index (χ2n) is 4.29. The zero-order chi connectivity index (χ0) is 9.86. The van der Waals surface area contributed by atoms with Gasteiger partial charge in [-0.1, -0.05) is 59.1 Å². The molecule has 0 bridgehead atoms. The van der Waals surface area contributed by atoms with Gasteiger partial charge >= 0.3 is 0 Å². The van der Waals surface area contributed by atoms with Crippen LogP contribution in [0, 0.1) is 0 Å². The molecule has 0 spiro atoms. The minimum Gasteiger partial charge on any atom is -0.0928 e. The molecule has 0 atom stereocenters. The van der Waals surface area contributed by atoms with E-state index in [0.29, 0.717) is 5.41 Å². The van der Waals surface area contributed by atoms with E-state index in [4.69, 9.17) is 0 Å². The number of alkyl halides is 1. The van der Waals surface area contributed by atoms with E-state index in [1.807, 2.05) is 0 Å². The lowest BCUT2D eigenvalue weighted by Crippen LogP contribution is -2.22. The summed E-state index contributed by atoms with van der Waals surface area (Å²) in [6.07, 6.45) is 6.85. The van der Waals surface area contributed by atoms with Crippen LogP contribution in [0.2, 0.25) is 0 Å². The second kappa shape index (κ2) is 4.48. The van der Waals surface area contributed by atoms with E-state index in [-0.39, 0.29) is 0 Å². The van der Waals surface area contributed by atoms with Gasteiger partial charge in [-0.2, -0.15) is 0 Å². The Bertz CT molecular complexity index is 273. The molecule has 0 aliphatic heterocycles. The Morgan fingerprint density at radius 2 is 1.71 bits per heavy atom. The summed E-state index contributed by atoms with van der Waals surface area (Å²) < 4.78 is 0. The number of benzene rings is 1. The summed E-state index contributed by atoms with van der Waals surface area (Å²) in [4.78, 5) is 0. The smallest absolute Gasteiger partial charge is 0.00397 e. The van der Waals surface area contributed by atoms with Crippen molar-refractivity contribution in [1.82, 2.24) is 0 Å². The fraction of sp³-hybridized carbons (Fsp3) is 0.538. The van der Waals surface area contributed by atoms with Crippen molar-refractivity contribution >= 4 is 15.9 Å². The van der Waals surface area contributed by atoms with E-state index in [2.05, 4.69) is 46.3 Å². The van der Waals surface area contributed by atoms with Crippen molar-refractivity contribution in [2.45, 2.75) is 37.5 Å². The van der Waals surface area contributed by atoms with Crippen molar-refractivity contribution in [3.05, 3.63) is 35.9 Å². The highest BCUT2D eigenvalue weighted by molar-refractivity contribution is 9.09. The van der Waals surface area contributed by atoms with Gasteiger partial charge in [0.15, 0.2) is 0 Å². The molecule has 0 unspecified atom stereocenters. The molecule has 0 heterocycles. The molecule has 1 saturated carbocycles. The minimum atomic E-state index is 0.491. The third kappa shape index (κ3) is 1.88. The molecular formula is C13H17Br. The zero-order valence-electron chi connectivity index (χ0n) is 8.51. The largest absolute Gasteiger partial charge is 0.0928 e. The Hall–Kier alpha value is -0.300. The molecule has 14 heavy (non-hydrogen) atoms. The molecule has 0 amide bonds. The summed E-state index contributed by atoms with van der Waals surface area (Å²) in [6.45, 7) is 0. The summed E-state index contributed by atoms with van der Waals surface area (Å²) in [6, 6.07) is 11.1. The van der Waals surface area contributed by atoms with Gasteiger partial charge in [-0.15, -0.1) is 0 Å². The molecule has 1 heteroatoms. The minimum absolute atomic E-state index is 0.491. The first-order valence-electron chi connectivity index (χ1n) is 5.49. The molecule has 0 N–H and O–H groups in total. The second-order valence-corrected chi connectivity index (χ2v) is 5.09. The predicted octanol–water partition coefficient (Wildman–Crippen LogP) is 4.28. The predicted molar refractivity (Wildman–Crippen MR) is 65.0 cm³/mol. The first kappa shape index (κ1) is 10.2. The monoisotopic (exact) mass is 252 g/mol. The van der Waals surface area contributed by atoms with Crippen LogP contribution in [0.4, 0.5) is 0 Å². The van der Waals surface area contributed by atoms with Crippen LogP contribution in [-0.2, 0) is 5.41 Å². The van der Waals surface area contributed by atoms with Crippen LogP contribution in [0.3, 0.4) is 0 Å². The van der Waals surface area contributed by atoms with Crippen LogP contribution in [0.1, 0.15) is 37.7 Å². The molecule has 2 rings (SSSR count). The highest BCUT2D eigenvalue weighted by Gasteiger charge is 2.34. The zero-order valence-corrected chi connectivity index (χ0v) is 10.1. The standard InChI is InChI=1S/C13H17Br/c14-11-10-13(8-4-5-9-13)12-6-2-1-3-7-12/h1-3,6-7H,4-5,8-11H2. The van der Waals surface area contributed by atoms with Crippen LogP contribution in [0.5, 0.6) is 0 Å². The number of hydrogen-bond donors (Lipinski definition) is 0. The van der Waals surface area contributed by atoms with E-state index in [1.54, 1.807) is 5.56 Å². The van der Waals surface area contributed by atoms with Gasteiger partial charge in [-0.3, -0.25) is 0 Å². The van der Waals surface area contributed by atoms with Crippen molar-refractivity contribution in [2.75, 3.05) is 5.33 Å². The average molecular weight is 253 g/mol. The lowest BCUT2D eigenvalue weighted by Gasteiger charge is -2.28. The number of halogens is 1. The third-order valence-electron chi connectivity index (χ3n) is 3.52. The Morgan fingerprint density at radius 1 is 1.07 bits per heavy atom. The lowest BCUT2D eigenvalue weighted by atomic mass is 9.77. The van der Waals surface area contributed by atoms with Gasteiger partial charge in [0.05, 0.1) is 0 Å². The van der Waals surface area contributed by atoms with Crippen LogP contribution >= 0.6 is 15.9 Å². The molecular weight excluding hydrogens is 236 g/mol. The van der Waals surface area contributed by atoms with E-state index in [9.17, 15) is 0 Å². The van der Waals surface area contributed by atoms with Crippen molar-refractivity contribution in [3.8, 4) is 0 Å². The van der Waals surface area contributed by atoms with Crippen LogP contribution in [0.25, 0.3) is 0 Å². The van der Waals surface area contributed by atoms with Gasteiger partial charge in [0.25, 0.3) is 0 Å². The van der Waals surface area contributed by atoms with Gasteiger partial charge in [-0.25, -0.2) is 0 Å². The van der Waals surface area contributed by atoms with Crippen molar-refractivity contribution < 1.29 is 0 Å². The molecule has 0 saturated heterocycles. The number of rotatable bonds is 3. The fourth-order valence-electron chi connectivity index (χ4n) is 2.71. The molecule has 0 aromatic heterocycles. The Kier molecular flexibility index (Phi) is 3.27. The lowest BCUT2D eigenvalue weighted by molar-refractivity contribution is 0.430. The molecule has 1 aliphatic rings. The molecule has 0 nitrogen and oxygen atoms in total. The first-order chi connectivity index (χ1) is 6.87. The molecule has 76 valence electrons. The van der Waals surface area contributed by atoms with Crippen LogP contribution in [-0.4, -0.2) is 5.33 Å². The molecule has 0 radical (unpaired) electrons. The molecule has 1 aliphatic carbocycles. The summed E-state index contributed by atoms with van der Waals surface area (Å²) in [5.74, 6) is 0. The summed E-state index contributed by atoms with van der Waals surface area (Å²) in [5, 5.41) is 1.13. The fourth-order valence-corrected chi connectivity index (χ4v) is 3.47. The summed E-state index contributed by atoms with van der Waals surface area (Å²) >= 11 is 3.59. The van der Waals surface area contributed by atoms with E-state index in [1.165, 1.54) is 32.1 Å². The van der Waals surface area contributed by atoms with Gasteiger partial charge in [-0.05, 0) is 30.2 Å². The van der Waals surface area contributed by atoms with Gasteiger partial charge in [0.1, 0.15) is 0 Å². The maximum Gasteiger partial charge on any atom is 0.00397 e.